The fraction of sp³-hybridized carbons (Fsp3) is 0.158. The van der Waals surface area contributed by atoms with Gasteiger partial charge in [-0.05, 0) is 12.1 Å². The lowest BCUT2D eigenvalue weighted by Gasteiger charge is -2.22. The zero-order valence-electron chi connectivity index (χ0n) is 14.6. The number of methoxy groups -OCH3 is 2. The van der Waals surface area contributed by atoms with Crippen molar-refractivity contribution in [2.75, 3.05) is 25.7 Å². The van der Waals surface area contributed by atoms with E-state index in [-0.39, 0.29) is 18.1 Å². The summed E-state index contributed by atoms with van der Waals surface area (Å²) in [4.78, 5) is 6.22. The Morgan fingerprint density at radius 2 is 1.93 bits per heavy atom. The van der Waals surface area contributed by atoms with Crippen LogP contribution in [0.5, 0.6) is 11.5 Å². The Labute approximate surface area is 164 Å². The molecule has 2 heterocycles. The van der Waals surface area contributed by atoms with Gasteiger partial charge in [-0.3, -0.25) is 5.41 Å². The van der Waals surface area contributed by atoms with Gasteiger partial charge in [-0.15, -0.1) is 11.3 Å². The van der Waals surface area contributed by atoms with Gasteiger partial charge in [0.05, 0.1) is 47.3 Å². The van der Waals surface area contributed by atoms with Crippen LogP contribution in [0.2, 0.25) is 5.02 Å². The highest BCUT2D eigenvalue weighted by atomic mass is 35.5. The van der Waals surface area contributed by atoms with Crippen LogP contribution in [-0.4, -0.2) is 36.7 Å². The number of fused-ring (bicyclic) bond motifs is 1. The van der Waals surface area contributed by atoms with Crippen LogP contribution in [0.3, 0.4) is 0 Å². The molecule has 1 aliphatic heterocycles. The van der Waals surface area contributed by atoms with Gasteiger partial charge in [0.25, 0.3) is 0 Å². The third kappa shape index (κ3) is 2.89. The molecule has 138 valence electrons. The van der Waals surface area contributed by atoms with E-state index in [1.165, 1.54) is 25.6 Å². The monoisotopic (exact) mass is 401 g/mol. The molecular formula is C19H16ClN3O3S. The van der Waals surface area contributed by atoms with E-state index in [4.69, 9.17) is 26.5 Å². The Bertz CT molecular complexity index is 1060. The number of anilines is 1. The first-order valence-corrected chi connectivity index (χ1v) is 9.29. The average molecular weight is 402 g/mol. The summed E-state index contributed by atoms with van der Waals surface area (Å²) in [5.41, 5.74) is 1.85. The van der Waals surface area contributed by atoms with Crippen LogP contribution in [0, 0.1) is 5.41 Å². The first-order valence-electron chi connectivity index (χ1n) is 8.09. The number of nitrogens with zero attached hydrogens (tertiary/aromatic N) is 2. The topological polar surface area (TPSA) is 78.7 Å². The van der Waals surface area contributed by atoms with Crippen molar-refractivity contribution in [2.45, 2.75) is 0 Å². The number of amidine groups is 1. The number of para-hydroxylation sites is 1. The second-order valence-electron chi connectivity index (χ2n) is 5.90. The largest absolute Gasteiger partial charge is 0.510 e. The third-order valence-corrected chi connectivity index (χ3v) is 5.70. The van der Waals surface area contributed by atoms with Gasteiger partial charge < -0.3 is 19.5 Å². The van der Waals surface area contributed by atoms with Gasteiger partial charge in [-0.1, -0.05) is 23.7 Å². The molecule has 0 saturated carbocycles. The zero-order valence-corrected chi connectivity index (χ0v) is 16.2. The predicted molar refractivity (Wildman–Crippen MR) is 109 cm³/mol. The first-order chi connectivity index (χ1) is 13.0. The molecule has 6 nitrogen and oxygen atoms in total. The Hall–Kier alpha value is -2.77. The van der Waals surface area contributed by atoms with Crippen LogP contribution in [0.15, 0.2) is 42.2 Å². The summed E-state index contributed by atoms with van der Waals surface area (Å²) in [7, 11) is 3.05. The minimum absolute atomic E-state index is 0.0926. The van der Waals surface area contributed by atoms with E-state index in [9.17, 15) is 5.11 Å². The molecule has 4 rings (SSSR count). The molecule has 3 aromatic rings. The number of hydrogen-bond donors (Lipinski definition) is 2. The van der Waals surface area contributed by atoms with Crippen molar-refractivity contribution in [3.05, 3.63) is 52.2 Å². The third-order valence-electron chi connectivity index (χ3n) is 4.36. The maximum absolute atomic E-state index is 10.6. The van der Waals surface area contributed by atoms with Gasteiger partial charge in [0.2, 0.25) is 0 Å². The van der Waals surface area contributed by atoms with Gasteiger partial charge in [0.1, 0.15) is 28.1 Å². The number of aromatic nitrogens is 1. The molecular weight excluding hydrogens is 386 g/mol. The van der Waals surface area contributed by atoms with Crippen molar-refractivity contribution in [3.8, 4) is 11.5 Å². The summed E-state index contributed by atoms with van der Waals surface area (Å²) in [5.74, 6) is 1.20. The zero-order chi connectivity index (χ0) is 19.1. The molecule has 1 aromatic heterocycles. The molecule has 0 saturated heterocycles. The summed E-state index contributed by atoms with van der Waals surface area (Å²) in [6.45, 7) is 0.144. The van der Waals surface area contributed by atoms with Crippen LogP contribution in [-0.2, 0) is 0 Å². The number of rotatable bonds is 4. The molecule has 0 aliphatic carbocycles. The molecule has 0 bridgehead atoms. The molecule has 0 amide bonds. The SMILES string of the molecule is COc1cc(N2CC(O)=C(c3nc4ccccc4s3)C2=N)c(OC)cc1Cl. The van der Waals surface area contributed by atoms with Gasteiger partial charge in [-0.25, -0.2) is 4.98 Å². The fourth-order valence-corrected chi connectivity index (χ4v) is 4.31. The second kappa shape index (κ2) is 6.75. The van der Waals surface area contributed by atoms with Crippen LogP contribution in [0.1, 0.15) is 5.01 Å². The molecule has 2 N–H and O–H groups in total. The Morgan fingerprint density at radius 1 is 1.19 bits per heavy atom. The van der Waals surface area contributed by atoms with E-state index in [1.54, 1.807) is 17.0 Å². The lowest BCUT2D eigenvalue weighted by Crippen LogP contribution is -2.26. The van der Waals surface area contributed by atoms with Gasteiger partial charge in [0, 0.05) is 12.1 Å². The number of ether oxygens (including phenoxy) is 2. The summed E-state index contributed by atoms with van der Waals surface area (Å²) < 4.78 is 11.7. The highest BCUT2D eigenvalue weighted by molar-refractivity contribution is 7.19. The maximum atomic E-state index is 10.6. The summed E-state index contributed by atoms with van der Waals surface area (Å²) in [5, 5.41) is 20.2. The number of benzene rings is 2. The first kappa shape index (κ1) is 17.6. The van der Waals surface area contributed by atoms with Gasteiger partial charge in [0.15, 0.2) is 0 Å². The lowest BCUT2D eigenvalue weighted by molar-refractivity contribution is 0.400. The van der Waals surface area contributed by atoms with E-state index in [0.717, 1.165) is 10.2 Å². The normalized spacial score (nSPS) is 14.3. The molecule has 0 radical (unpaired) electrons. The van der Waals surface area contributed by atoms with Gasteiger partial charge >= 0.3 is 0 Å². The molecule has 8 heteroatoms. The second-order valence-corrected chi connectivity index (χ2v) is 7.34. The van der Waals surface area contributed by atoms with E-state index >= 15 is 0 Å². The summed E-state index contributed by atoms with van der Waals surface area (Å²) >= 11 is 7.62. The molecule has 27 heavy (non-hydrogen) atoms. The van der Waals surface area contributed by atoms with Crippen LogP contribution >= 0.6 is 22.9 Å². The van der Waals surface area contributed by atoms with Gasteiger partial charge in [-0.2, -0.15) is 0 Å². The smallest absolute Gasteiger partial charge is 0.144 e. The van der Waals surface area contributed by atoms with Crippen LogP contribution in [0.25, 0.3) is 15.8 Å². The Balaban J connectivity index is 1.76. The highest BCUT2D eigenvalue weighted by Crippen LogP contribution is 2.42. The van der Waals surface area contributed by atoms with Crippen LogP contribution in [0.4, 0.5) is 5.69 Å². The minimum atomic E-state index is 0.0926. The molecule has 0 spiro atoms. The number of aliphatic hydroxyl groups is 1. The molecule has 1 aliphatic rings. The number of thiazole rings is 1. The van der Waals surface area contributed by atoms with Crippen molar-refractivity contribution in [1.82, 2.24) is 4.98 Å². The number of aliphatic hydroxyl groups excluding tert-OH is 1. The van der Waals surface area contributed by atoms with E-state index in [1.807, 2.05) is 24.3 Å². The van der Waals surface area contributed by atoms with Crippen LogP contribution < -0.4 is 14.4 Å². The number of halogens is 1. The number of hydrogen-bond acceptors (Lipinski definition) is 6. The van der Waals surface area contributed by atoms with Crippen molar-refractivity contribution >= 4 is 50.3 Å². The van der Waals surface area contributed by atoms with Crippen molar-refractivity contribution in [2.24, 2.45) is 0 Å². The molecule has 0 atom stereocenters. The Kier molecular flexibility index (Phi) is 4.41. The molecule has 2 aromatic carbocycles. The van der Waals surface area contributed by atoms with E-state index in [0.29, 0.717) is 32.8 Å². The standard InChI is InChI=1S/C19H16ClN3O3S/c1-25-14-8-12(15(26-2)7-10(14)20)23-9-13(24)17(18(23)21)19-22-11-5-3-4-6-16(11)27-19/h3-8,21,24H,9H2,1-2H3. The lowest BCUT2D eigenvalue weighted by atomic mass is 10.2. The average Bonchev–Trinajstić information content (AvgIpc) is 3.21. The highest BCUT2D eigenvalue weighted by Gasteiger charge is 2.33. The quantitative estimate of drug-likeness (QED) is 0.660. The molecule has 0 fully saturated rings. The maximum Gasteiger partial charge on any atom is 0.144 e. The van der Waals surface area contributed by atoms with Crippen molar-refractivity contribution < 1.29 is 14.6 Å². The Morgan fingerprint density at radius 3 is 2.63 bits per heavy atom. The summed E-state index contributed by atoms with van der Waals surface area (Å²) in [6, 6.07) is 11.1. The fourth-order valence-electron chi connectivity index (χ4n) is 3.04. The summed E-state index contributed by atoms with van der Waals surface area (Å²) in [6.07, 6.45) is 0. The minimum Gasteiger partial charge on any atom is -0.510 e. The van der Waals surface area contributed by atoms with Crippen molar-refractivity contribution in [1.29, 1.82) is 5.41 Å². The molecule has 0 unspecified atom stereocenters. The van der Waals surface area contributed by atoms with E-state index in [2.05, 4.69) is 4.98 Å². The van der Waals surface area contributed by atoms with E-state index < -0.39 is 0 Å². The predicted octanol–water partition coefficient (Wildman–Crippen LogP) is 4.73. The number of nitrogens with one attached hydrogen (secondary N) is 1. The van der Waals surface area contributed by atoms with Crippen molar-refractivity contribution in [3.63, 3.8) is 0 Å².